The average Bonchev–Trinajstić information content (AvgIpc) is 3.52. The van der Waals surface area contributed by atoms with Gasteiger partial charge in [-0.05, 0) is 31.0 Å². The second-order valence-corrected chi connectivity index (χ2v) is 9.92. The van der Waals surface area contributed by atoms with E-state index in [2.05, 4.69) is 123 Å². The molecule has 0 spiro atoms. The van der Waals surface area contributed by atoms with Gasteiger partial charge in [0.05, 0.1) is 0 Å². The molecule has 0 aliphatic carbocycles. The molecule has 0 amide bonds. The van der Waals surface area contributed by atoms with Gasteiger partial charge in [-0.3, -0.25) is 0 Å². The van der Waals surface area contributed by atoms with E-state index in [4.69, 9.17) is 8.83 Å². The molecule has 0 unspecified atom stereocenters. The van der Waals surface area contributed by atoms with E-state index >= 15 is 0 Å². The smallest absolute Gasteiger partial charge is 0.143 e. The van der Waals surface area contributed by atoms with Gasteiger partial charge in [-0.25, -0.2) is 0 Å². The normalized spacial score (nSPS) is 11.4. The minimum Gasteiger partial charge on any atom is -0.455 e. The molecule has 0 aliphatic rings. The van der Waals surface area contributed by atoms with E-state index in [-0.39, 0.29) is 0 Å². The maximum Gasteiger partial charge on any atom is 0.143 e. The van der Waals surface area contributed by atoms with Crippen molar-refractivity contribution in [1.82, 2.24) is 0 Å². The van der Waals surface area contributed by atoms with E-state index in [1.807, 2.05) is 12.1 Å². The van der Waals surface area contributed by atoms with Crippen molar-refractivity contribution in [3.63, 3.8) is 0 Å². The van der Waals surface area contributed by atoms with Crippen LogP contribution in [0.1, 0.15) is 11.1 Å². The molecule has 0 bridgehead atoms. The third-order valence-corrected chi connectivity index (χ3v) is 7.25. The second kappa shape index (κ2) is 8.93. The standard InChI is InChI=1S/C36H26O2/c1-23-13-17-25(18-14-23)33-29-21-30-32(22-31(29)37-35(33)27-9-5-3-6-10-27)38-36(28-11-7-4-8-12-28)34(30)26-19-15-24(2)16-20-26/h3-22H,1-2H3. The van der Waals surface area contributed by atoms with Crippen molar-refractivity contribution in [1.29, 1.82) is 0 Å². The van der Waals surface area contributed by atoms with Gasteiger partial charge in [0.25, 0.3) is 0 Å². The molecule has 0 atom stereocenters. The van der Waals surface area contributed by atoms with E-state index in [0.717, 1.165) is 66.8 Å². The molecule has 38 heavy (non-hydrogen) atoms. The molecule has 0 saturated heterocycles. The van der Waals surface area contributed by atoms with Crippen molar-refractivity contribution >= 4 is 21.9 Å². The maximum absolute atomic E-state index is 6.59. The number of furan rings is 2. The molecule has 5 aromatic carbocycles. The Morgan fingerprint density at radius 2 is 0.789 bits per heavy atom. The first-order valence-corrected chi connectivity index (χ1v) is 12.9. The lowest BCUT2D eigenvalue weighted by Gasteiger charge is -2.06. The number of rotatable bonds is 4. The summed E-state index contributed by atoms with van der Waals surface area (Å²) in [5.74, 6) is 1.74. The average molecular weight is 491 g/mol. The summed E-state index contributed by atoms with van der Waals surface area (Å²) in [7, 11) is 0. The molecular formula is C36H26O2. The highest BCUT2D eigenvalue weighted by Gasteiger charge is 2.23. The van der Waals surface area contributed by atoms with Crippen molar-refractivity contribution < 1.29 is 8.83 Å². The summed E-state index contributed by atoms with van der Waals surface area (Å²) < 4.78 is 13.2. The van der Waals surface area contributed by atoms with Gasteiger partial charge in [0, 0.05) is 39.1 Å². The Bertz CT molecular complexity index is 1750. The largest absolute Gasteiger partial charge is 0.455 e. The lowest BCUT2D eigenvalue weighted by atomic mass is 9.94. The van der Waals surface area contributed by atoms with Crippen LogP contribution in [0.5, 0.6) is 0 Å². The maximum atomic E-state index is 6.59. The van der Waals surface area contributed by atoms with Crippen LogP contribution in [0.25, 0.3) is 66.8 Å². The molecule has 0 radical (unpaired) electrons. The van der Waals surface area contributed by atoms with E-state index in [0.29, 0.717) is 0 Å². The SMILES string of the molecule is Cc1ccc(-c2c(-c3ccccc3)oc3cc4oc(-c5ccccc5)c(-c5ccc(C)cc5)c4cc23)cc1. The fourth-order valence-electron chi connectivity index (χ4n) is 5.29. The lowest BCUT2D eigenvalue weighted by molar-refractivity contribution is 0.620. The summed E-state index contributed by atoms with van der Waals surface area (Å²) >= 11 is 0. The fourth-order valence-corrected chi connectivity index (χ4v) is 5.29. The van der Waals surface area contributed by atoms with Crippen LogP contribution in [0.15, 0.2) is 130 Å². The Hall–Kier alpha value is -4.82. The number of hydrogen-bond donors (Lipinski definition) is 0. The molecule has 0 aliphatic heterocycles. The summed E-state index contributed by atoms with van der Waals surface area (Å²) in [6.45, 7) is 4.23. The van der Waals surface area contributed by atoms with Crippen molar-refractivity contribution in [2.24, 2.45) is 0 Å². The van der Waals surface area contributed by atoms with Gasteiger partial charge >= 0.3 is 0 Å². The Balaban J connectivity index is 1.57. The minimum absolute atomic E-state index is 0.816. The topological polar surface area (TPSA) is 26.3 Å². The Kier molecular flexibility index (Phi) is 5.26. The summed E-state index contributed by atoms with van der Waals surface area (Å²) in [5, 5.41) is 2.16. The van der Waals surface area contributed by atoms with Crippen LogP contribution in [0, 0.1) is 13.8 Å². The van der Waals surface area contributed by atoms with Crippen molar-refractivity contribution in [2.75, 3.05) is 0 Å². The Labute approximate surface area is 221 Å². The van der Waals surface area contributed by atoms with Crippen LogP contribution in [-0.4, -0.2) is 0 Å². The van der Waals surface area contributed by atoms with Gasteiger partial charge < -0.3 is 8.83 Å². The summed E-state index contributed by atoms with van der Waals surface area (Å²) in [5.41, 5.74) is 10.7. The molecule has 0 N–H and O–H groups in total. The summed E-state index contributed by atoms with van der Waals surface area (Å²) in [4.78, 5) is 0. The van der Waals surface area contributed by atoms with Crippen LogP contribution < -0.4 is 0 Å². The molecular weight excluding hydrogens is 464 g/mol. The van der Waals surface area contributed by atoms with Crippen LogP contribution in [0.2, 0.25) is 0 Å². The predicted octanol–water partition coefficient (Wildman–Crippen LogP) is 10.5. The number of benzene rings is 5. The van der Waals surface area contributed by atoms with Crippen LogP contribution in [0.3, 0.4) is 0 Å². The van der Waals surface area contributed by atoms with E-state index in [1.54, 1.807) is 0 Å². The first-order chi connectivity index (χ1) is 18.7. The quantitative estimate of drug-likeness (QED) is 0.245. The molecule has 7 aromatic rings. The number of aryl methyl sites for hydroxylation is 2. The van der Waals surface area contributed by atoms with Gasteiger partial charge in [-0.1, -0.05) is 120 Å². The third kappa shape index (κ3) is 3.74. The van der Waals surface area contributed by atoms with Crippen LogP contribution in [0.4, 0.5) is 0 Å². The first kappa shape index (κ1) is 22.4. The minimum atomic E-state index is 0.816. The van der Waals surface area contributed by atoms with E-state index in [1.165, 1.54) is 11.1 Å². The fraction of sp³-hybridized carbons (Fsp3) is 0.0556. The highest BCUT2D eigenvalue weighted by atomic mass is 16.3. The van der Waals surface area contributed by atoms with Gasteiger partial charge in [0.15, 0.2) is 0 Å². The van der Waals surface area contributed by atoms with Gasteiger partial charge in [0.1, 0.15) is 22.7 Å². The van der Waals surface area contributed by atoms with Crippen molar-refractivity contribution in [3.05, 3.63) is 132 Å². The van der Waals surface area contributed by atoms with Gasteiger partial charge in [0.2, 0.25) is 0 Å². The van der Waals surface area contributed by atoms with Gasteiger partial charge in [-0.2, -0.15) is 0 Å². The zero-order chi connectivity index (χ0) is 25.6. The van der Waals surface area contributed by atoms with Crippen molar-refractivity contribution in [2.45, 2.75) is 13.8 Å². The number of fused-ring (bicyclic) bond motifs is 2. The zero-order valence-corrected chi connectivity index (χ0v) is 21.4. The molecule has 2 heterocycles. The molecule has 7 rings (SSSR count). The second-order valence-electron chi connectivity index (χ2n) is 9.92. The Morgan fingerprint density at radius 1 is 0.395 bits per heavy atom. The highest BCUT2D eigenvalue weighted by Crippen LogP contribution is 2.46. The molecule has 0 saturated carbocycles. The Morgan fingerprint density at radius 3 is 1.18 bits per heavy atom. The summed E-state index contributed by atoms with van der Waals surface area (Å²) in [6.07, 6.45) is 0. The monoisotopic (exact) mass is 490 g/mol. The predicted molar refractivity (Wildman–Crippen MR) is 157 cm³/mol. The molecule has 0 fully saturated rings. The molecule has 182 valence electrons. The zero-order valence-electron chi connectivity index (χ0n) is 21.4. The van der Waals surface area contributed by atoms with E-state index < -0.39 is 0 Å². The lowest BCUT2D eigenvalue weighted by Crippen LogP contribution is -1.83. The molecule has 2 nitrogen and oxygen atoms in total. The van der Waals surface area contributed by atoms with Crippen LogP contribution >= 0.6 is 0 Å². The summed E-state index contributed by atoms with van der Waals surface area (Å²) in [6, 6.07) is 42.3. The van der Waals surface area contributed by atoms with Crippen molar-refractivity contribution in [3.8, 4) is 44.9 Å². The first-order valence-electron chi connectivity index (χ1n) is 12.9. The molecule has 2 heteroatoms. The highest BCUT2D eigenvalue weighted by molar-refractivity contribution is 6.11. The van der Waals surface area contributed by atoms with E-state index in [9.17, 15) is 0 Å². The van der Waals surface area contributed by atoms with Crippen LogP contribution in [-0.2, 0) is 0 Å². The van der Waals surface area contributed by atoms with Gasteiger partial charge in [-0.15, -0.1) is 0 Å². The third-order valence-electron chi connectivity index (χ3n) is 7.25. The molecule has 2 aromatic heterocycles. The number of hydrogen-bond acceptors (Lipinski definition) is 2.